The molecular formula is C16H23N3O2. The minimum Gasteiger partial charge on any atom is -0.343 e. The van der Waals surface area contributed by atoms with E-state index < -0.39 is 0 Å². The lowest BCUT2D eigenvalue weighted by molar-refractivity contribution is -0.131. The molecule has 0 spiro atoms. The van der Waals surface area contributed by atoms with Gasteiger partial charge in [0.15, 0.2) is 0 Å². The van der Waals surface area contributed by atoms with Crippen LogP contribution < -0.4 is 11.1 Å². The van der Waals surface area contributed by atoms with E-state index in [4.69, 9.17) is 5.73 Å². The van der Waals surface area contributed by atoms with Gasteiger partial charge >= 0.3 is 0 Å². The number of piperidine rings is 1. The first-order chi connectivity index (χ1) is 10.1. The van der Waals surface area contributed by atoms with Crippen molar-refractivity contribution in [1.29, 1.82) is 0 Å². The lowest BCUT2D eigenvalue weighted by atomic mass is 9.91. The van der Waals surface area contributed by atoms with Gasteiger partial charge in [-0.25, -0.2) is 0 Å². The van der Waals surface area contributed by atoms with E-state index in [1.54, 1.807) is 24.3 Å². The van der Waals surface area contributed by atoms with Crippen LogP contribution in [0.3, 0.4) is 0 Å². The van der Waals surface area contributed by atoms with E-state index in [1.807, 2.05) is 17.9 Å². The van der Waals surface area contributed by atoms with Crippen LogP contribution in [0.5, 0.6) is 0 Å². The van der Waals surface area contributed by atoms with Gasteiger partial charge in [0.25, 0.3) is 5.91 Å². The lowest BCUT2D eigenvalue weighted by Crippen LogP contribution is -2.46. The maximum Gasteiger partial charge on any atom is 0.251 e. The van der Waals surface area contributed by atoms with Crippen molar-refractivity contribution in [2.45, 2.75) is 25.8 Å². The third-order valence-electron chi connectivity index (χ3n) is 4.07. The maximum atomic E-state index is 12.1. The molecule has 1 fully saturated rings. The Labute approximate surface area is 125 Å². The van der Waals surface area contributed by atoms with E-state index in [9.17, 15) is 9.59 Å². The number of nitrogens with two attached hydrogens (primary N) is 1. The molecule has 5 nitrogen and oxygen atoms in total. The molecule has 1 saturated heterocycles. The quantitative estimate of drug-likeness (QED) is 0.868. The van der Waals surface area contributed by atoms with Crippen LogP contribution in [0.15, 0.2) is 30.3 Å². The number of hydrogen-bond donors (Lipinski definition) is 2. The van der Waals surface area contributed by atoms with Crippen LogP contribution >= 0.6 is 0 Å². The van der Waals surface area contributed by atoms with Gasteiger partial charge in [-0.05, 0) is 37.8 Å². The van der Waals surface area contributed by atoms with Crippen molar-refractivity contribution in [3.8, 4) is 0 Å². The van der Waals surface area contributed by atoms with Gasteiger partial charge < -0.3 is 16.0 Å². The van der Waals surface area contributed by atoms with Gasteiger partial charge in [-0.15, -0.1) is 0 Å². The number of nitrogens with zero attached hydrogens (tertiary/aromatic N) is 1. The number of amides is 2. The lowest BCUT2D eigenvalue weighted by Gasteiger charge is -2.33. The Balaban J connectivity index is 1.77. The molecule has 5 heteroatoms. The first-order valence-electron chi connectivity index (χ1n) is 7.44. The molecule has 1 aromatic rings. The van der Waals surface area contributed by atoms with Crippen molar-refractivity contribution in [1.82, 2.24) is 10.2 Å². The van der Waals surface area contributed by atoms with Gasteiger partial charge in [-0.3, -0.25) is 9.59 Å². The Hall–Kier alpha value is -1.88. The van der Waals surface area contributed by atoms with E-state index in [2.05, 4.69) is 5.32 Å². The molecule has 0 aromatic heterocycles. The standard InChI is InChI=1S/C16H23N3O2/c1-12(17)13-7-9-19(10-8-13)15(20)11-18-16(21)14-5-3-2-4-6-14/h2-6,12-13H,7-11,17H2,1H3,(H,18,21). The highest BCUT2D eigenvalue weighted by atomic mass is 16.2. The Morgan fingerprint density at radius 1 is 1.29 bits per heavy atom. The SMILES string of the molecule is CC(N)C1CCN(C(=O)CNC(=O)c2ccccc2)CC1. The van der Waals surface area contributed by atoms with Gasteiger partial charge in [-0.2, -0.15) is 0 Å². The fourth-order valence-electron chi connectivity index (χ4n) is 2.63. The average Bonchev–Trinajstić information content (AvgIpc) is 2.53. The van der Waals surface area contributed by atoms with Crippen molar-refractivity contribution in [3.63, 3.8) is 0 Å². The molecule has 0 aliphatic carbocycles. The average molecular weight is 289 g/mol. The second kappa shape index (κ2) is 7.22. The van der Waals surface area contributed by atoms with Crippen molar-refractivity contribution in [3.05, 3.63) is 35.9 Å². The Morgan fingerprint density at radius 3 is 2.48 bits per heavy atom. The second-order valence-corrected chi connectivity index (χ2v) is 5.63. The number of rotatable bonds is 4. The summed E-state index contributed by atoms with van der Waals surface area (Å²) in [6.07, 6.45) is 1.88. The minimum atomic E-state index is -0.214. The first-order valence-corrected chi connectivity index (χ1v) is 7.44. The van der Waals surface area contributed by atoms with Gasteiger partial charge in [0, 0.05) is 24.7 Å². The highest BCUT2D eigenvalue weighted by Crippen LogP contribution is 2.19. The van der Waals surface area contributed by atoms with Crippen molar-refractivity contribution >= 4 is 11.8 Å². The zero-order valence-electron chi connectivity index (χ0n) is 12.4. The van der Waals surface area contributed by atoms with E-state index in [0.717, 1.165) is 25.9 Å². The summed E-state index contributed by atoms with van der Waals surface area (Å²) in [6.45, 7) is 3.53. The van der Waals surface area contributed by atoms with E-state index in [-0.39, 0.29) is 24.4 Å². The van der Waals surface area contributed by atoms with Gasteiger partial charge in [0.1, 0.15) is 0 Å². The van der Waals surface area contributed by atoms with Crippen LogP contribution in [0.1, 0.15) is 30.1 Å². The summed E-state index contributed by atoms with van der Waals surface area (Å²) in [5.74, 6) is 0.254. The number of carbonyl (C=O) groups excluding carboxylic acids is 2. The molecule has 2 rings (SSSR count). The van der Waals surface area contributed by atoms with Crippen molar-refractivity contribution in [2.24, 2.45) is 11.7 Å². The number of hydrogen-bond acceptors (Lipinski definition) is 3. The summed E-state index contributed by atoms with van der Waals surface area (Å²) in [7, 11) is 0. The fourth-order valence-corrected chi connectivity index (χ4v) is 2.63. The van der Waals surface area contributed by atoms with E-state index >= 15 is 0 Å². The molecule has 1 unspecified atom stereocenters. The zero-order chi connectivity index (χ0) is 15.2. The highest BCUT2D eigenvalue weighted by Gasteiger charge is 2.24. The molecule has 2 amide bonds. The minimum absolute atomic E-state index is 0.0256. The van der Waals surface area contributed by atoms with Crippen LogP contribution in [0, 0.1) is 5.92 Å². The summed E-state index contributed by atoms with van der Waals surface area (Å²) in [6, 6.07) is 9.09. The van der Waals surface area contributed by atoms with Gasteiger partial charge in [0.05, 0.1) is 6.54 Å². The molecule has 1 atom stereocenters. The normalized spacial score (nSPS) is 17.3. The smallest absolute Gasteiger partial charge is 0.251 e. The molecule has 1 aromatic carbocycles. The molecule has 1 aliphatic rings. The fraction of sp³-hybridized carbons (Fsp3) is 0.500. The first kappa shape index (κ1) is 15.5. The molecule has 0 bridgehead atoms. The zero-order valence-corrected chi connectivity index (χ0v) is 12.4. The molecule has 0 saturated carbocycles. The van der Waals surface area contributed by atoms with Crippen LogP contribution in [-0.4, -0.2) is 42.4 Å². The van der Waals surface area contributed by atoms with Crippen LogP contribution in [-0.2, 0) is 4.79 Å². The molecule has 114 valence electrons. The predicted molar refractivity (Wildman–Crippen MR) is 81.7 cm³/mol. The van der Waals surface area contributed by atoms with E-state index in [1.165, 1.54) is 0 Å². The second-order valence-electron chi connectivity index (χ2n) is 5.63. The topological polar surface area (TPSA) is 75.4 Å². The van der Waals surface area contributed by atoms with Gasteiger partial charge in [-0.1, -0.05) is 18.2 Å². The van der Waals surface area contributed by atoms with Crippen LogP contribution in [0.25, 0.3) is 0 Å². The summed E-state index contributed by atoms with van der Waals surface area (Å²) in [5, 5.41) is 2.68. The Morgan fingerprint density at radius 2 is 1.90 bits per heavy atom. The van der Waals surface area contributed by atoms with Crippen LogP contribution in [0.4, 0.5) is 0 Å². The van der Waals surface area contributed by atoms with Crippen molar-refractivity contribution in [2.75, 3.05) is 19.6 Å². The number of nitrogens with one attached hydrogen (secondary N) is 1. The Bertz CT molecular complexity index is 480. The maximum absolute atomic E-state index is 12.1. The Kier molecular flexibility index (Phi) is 5.33. The molecule has 3 N–H and O–H groups in total. The van der Waals surface area contributed by atoms with Crippen LogP contribution in [0.2, 0.25) is 0 Å². The third kappa shape index (κ3) is 4.29. The third-order valence-corrected chi connectivity index (χ3v) is 4.07. The predicted octanol–water partition coefficient (Wildman–Crippen LogP) is 1.00. The summed E-state index contributed by atoms with van der Waals surface area (Å²) >= 11 is 0. The molecular weight excluding hydrogens is 266 g/mol. The van der Waals surface area contributed by atoms with Crippen molar-refractivity contribution < 1.29 is 9.59 Å². The summed E-state index contributed by atoms with van der Waals surface area (Å²) in [5.41, 5.74) is 6.46. The molecule has 1 aliphatic heterocycles. The number of carbonyl (C=O) groups is 2. The van der Waals surface area contributed by atoms with E-state index in [0.29, 0.717) is 11.5 Å². The van der Waals surface area contributed by atoms with Gasteiger partial charge in [0.2, 0.25) is 5.91 Å². The monoisotopic (exact) mass is 289 g/mol. The number of benzene rings is 1. The molecule has 0 radical (unpaired) electrons. The largest absolute Gasteiger partial charge is 0.343 e. The summed E-state index contributed by atoms with van der Waals surface area (Å²) in [4.78, 5) is 25.8. The molecule has 21 heavy (non-hydrogen) atoms. The number of likely N-dealkylation sites (tertiary alicyclic amines) is 1. The molecule has 1 heterocycles. The highest BCUT2D eigenvalue weighted by molar-refractivity contribution is 5.96. The summed E-state index contributed by atoms with van der Waals surface area (Å²) < 4.78 is 0.